The van der Waals surface area contributed by atoms with Gasteiger partial charge in [0.1, 0.15) is 12.4 Å². The minimum Gasteiger partial charge on any atom is -0.451 e. The molecule has 0 aromatic heterocycles. The van der Waals surface area contributed by atoms with Crippen molar-refractivity contribution in [2.75, 3.05) is 13.1 Å². The molecule has 8 nitrogen and oxygen atoms in total. The molecule has 0 aliphatic carbocycles. The third-order valence-corrected chi connectivity index (χ3v) is 5.66. The Kier molecular flexibility index (Phi) is 6.28. The van der Waals surface area contributed by atoms with E-state index in [4.69, 9.17) is 4.74 Å². The lowest BCUT2D eigenvalue weighted by Gasteiger charge is -2.13. The Morgan fingerprint density at radius 3 is 2.55 bits per heavy atom. The minimum atomic E-state index is -3.67. The topological polar surface area (TPSA) is 114 Å². The van der Waals surface area contributed by atoms with Gasteiger partial charge in [-0.2, -0.15) is 0 Å². The number of hydrogen-bond donors (Lipinski definition) is 2. The Hall–Kier alpha value is -3.20. The predicted octanol–water partition coefficient (Wildman–Crippen LogP) is 1.02. The van der Waals surface area contributed by atoms with Crippen molar-refractivity contribution in [1.29, 1.82) is 0 Å². The van der Waals surface area contributed by atoms with Crippen molar-refractivity contribution in [3.8, 4) is 0 Å². The van der Waals surface area contributed by atoms with Crippen molar-refractivity contribution >= 4 is 27.7 Å². The molecule has 0 fully saturated rings. The van der Waals surface area contributed by atoms with Crippen LogP contribution >= 0.6 is 0 Å². The van der Waals surface area contributed by atoms with E-state index in [0.29, 0.717) is 18.5 Å². The maximum Gasteiger partial charge on any atom is 0.328 e. The second-order valence-electron chi connectivity index (χ2n) is 6.43. The molecule has 1 aliphatic rings. The molecule has 1 unspecified atom stereocenters. The molecule has 0 saturated carbocycles. The number of amides is 1. The fourth-order valence-electron chi connectivity index (χ4n) is 2.80. The Balaban J connectivity index is 1.49. The van der Waals surface area contributed by atoms with Gasteiger partial charge in [-0.3, -0.25) is 19.3 Å². The van der Waals surface area contributed by atoms with Gasteiger partial charge in [-0.05, 0) is 31.0 Å². The highest BCUT2D eigenvalue weighted by molar-refractivity contribution is 7.90. The number of amidine groups is 1. The van der Waals surface area contributed by atoms with Crippen LogP contribution in [0.2, 0.25) is 0 Å². The lowest BCUT2D eigenvalue weighted by Crippen LogP contribution is -2.37. The highest BCUT2D eigenvalue weighted by Gasteiger charge is 2.30. The monoisotopic (exact) mass is 415 g/mol. The van der Waals surface area contributed by atoms with E-state index >= 15 is 0 Å². The van der Waals surface area contributed by atoms with E-state index < -0.39 is 34.5 Å². The zero-order chi connectivity index (χ0) is 20.9. The van der Waals surface area contributed by atoms with Crippen LogP contribution in [0.5, 0.6) is 0 Å². The predicted molar refractivity (Wildman–Crippen MR) is 107 cm³/mol. The molecule has 2 aromatic carbocycles. The number of fused-ring (bicyclic) bond motifs is 1. The highest BCUT2D eigenvalue weighted by atomic mass is 32.2. The van der Waals surface area contributed by atoms with Gasteiger partial charge < -0.3 is 10.1 Å². The first-order chi connectivity index (χ1) is 13.9. The first-order valence-electron chi connectivity index (χ1n) is 9.04. The number of ether oxygens (including phenoxy) is 1. The number of rotatable bonds is 7. The summed E-state index contributed by atoms with van der Waals surface area (Å²) in [4.78, 5) is 28.2. The molecular weight excluding hydrogens is 394 g/mol. The van der Waals surface area contributed by atoms with E-state index in [1.807, 2.05) is 30.3 Å². The van der Waals surface area contributed by atoms with E-state index in [1.54, 1.807) is 18.2 Å². The van der Waals surface area contributed by atoms with Crippen LogP contribution in [0.1, 0.15) is 18.1 Å². The number of esters is 1. The van der Waals surface area contributed by atoms with E-state index in [0.717, 1.165) is 5.56 Å². The quantitative estimate of drug-likeness (QED) is 0.656. The zero-order valence-corrected chi connectivity index (χ0v) is 16.6. The third-order valence-electron chi connectivity index (χ3n) is 4.26. The summed E-state index contributed by atoms with van der Waals surface area (Å²) < 4.78 is 31.4. The van der Waals surface area contributed by atoms with Crippen LogP contribution in [0.4, 0.5) is 0 Å². The Morgan fingerprint density at radius 2 is 1.79 bits per heavy atom. The van der Waals surface area contributed by atoms with E-state index in [1.165, 1.54) is 13.0 Å². The fourth-order valence-corrected chi connectivity index (χ4v) is 4.05. The van der Waals surface area contributed by atoms with E-state index in [2.05, 4.69) is 15.0 Å². The maximum absolute atomic E-state index is 12.1. The average molecular weight is 415 g/mol. The standard InChI is InChI=1S/C20H21N3O5S/c1-14(20(25)21-12-11-15-7-3-2-4-8-15)28-18(24)13-22-19-16-9-5-6-10-17(16)29(26,27)23-19/h2-10,14H,11-13H2,1H3,(H,21,25)(H,22,23). The Labute approximate surface area is 169 Å². The van der Waals surface area contributed by atoms with Crippen molar-refractivity contribution < 1.29 is 22.7 Å². The largest absolute Gasteiger partial charge is 0.451 e. The first-order valence-corrected chi connectivity index (χ1v) is 10.5. The van der Waals surface area contributed by atoms with E-state index in [9.17, 15) is 18.0 Å². The second-order valence-corrected chi connectivity index (χ2v) is 8.08. The number of aliphatic imine (C=N–C) groups is 1. The summed E-state index contributed by atoms with van der Waals surface area (Å²) in [7, 11) is -3.67. The van der Waals surface area contributed by atoms with Gasteiger partial charge in [0.05, 0.1) is 4.90 Å². The van der Waals surface area contributed by atoms with Crippen LogP contribution in [-0.2, 0) is 30.8 Å². The summed E-state index contributed by atoms with van der Waals surface area (Å²) in [5, 5.41) is 2.71. The molecule has 3 rings (SSSR count). The van der Waals surface area contributed by atoms with Gasteiger partial charge in [0, 0.05) is 12.1 Å². The summed E-state index contributed by atoms with van der Waals surface area (Å²) in [5.74, 6) is -1.06. The van der Waals surface area contributed by atoms with Crippen molar-refractivity contribution in [3.05, 3.63) is 65.7 Å². The zero-order valence-electron chi connectivity index (χ0n) is 15.8. The average Bonchev–Trinajstić information content (AvgIpc) is 2.98. The van der Waals surface area contributed by atoms with Crippen LogP contribution in [0.15, 0.2) is 64.5 Å². The van der Waals surface area contributed by atoms with Gasteiger partial charge in [-0.25, -0.2) is 8.42 Å². The van der Waals surface area contributed by atoms with Gasteiger partial charge in [0.15, 0.2) is 6.10 Å². The summed E-state index contributed by atoms with van der Waals surface area (Å²) in [6.45, 7) is 1.48. The molecular formula is C20H21N3O5S. The van der Waals surface area contributed by atoms with Gasteiger partial charge >= 0.3 is 5.97 Å². The number of nitrogens with zero attached hydrogens (tertiary/aromatic N) is 1. The Bertz CT molecular complexity index is 1040. The van der Waals surface area contributed by atoms with Crippen LogP contribution in [0, 0.1) is 0 Å². The highest BCUT2D eigenvalue weighted by Crippen LogP contribution is 2.22. The van der Waals surface area contributed by atoms with Gasteiger partial charge in [-0.1, -0.05) is 42.5 Å². The SMILES string of the molecule is CC(OC(=O)CN=C1NS(=O)(=O)c2ccccc21)C(=O)NCCc1ccccc1. The van der Waals surface area contributed by atoms with Crippen LogP contribution in [0.3, 0.4) is 0 Å². The van der Waals surface area contributed by atoms with Crippen molar-refractivity contribution in [2.24, 2.45) is 4.99 Å². The van der Waals surface area contributed by atoms with Crippen LogP contribution in [-0.4, -0.2) is 45.3 Å². The molecule has 1 aliphatic heterocycles. The van der Waals surface area contributed by atoms with Crippen LogP contribution < -0.4 is 10.0 Å². The number of carbonyl (C=O) groups excluding carboxylic acids is 2. The Morgan fingerprint density at radius 1 is 1.10 bits per heavy atom. The summed E-state index contributed by atoms with van der Waals surface area (Å²) in [6, 6.07) is 16.0. The minimum absolute atomic E-state index is 0.0810. The van der Waals surface area contributed by atoms with Gasteiger partial charge in [0.2, 0.25) is 0 Å². The lowest BCUT2D eigenvalue weighted by atomic mass is 10.1. The molecule has 1 amide bonds. The normalized spacial score (nSPS) is 16.5. The number of sulfonamides is 1. The molecule has 0 radical (unpaired) electrons. The number of nitrogens with one attached hydrogen (secondary N) is 2. The molecule has 0 spiro atoms. The van der Waals surface area contributed by atoms with Gasteiger partial charge in [0.25, 0.3) is 15.9 Å². The fraction of sp³-hybridized carbons (Fsp3) is 0.250. The smallest absolute Gasteiger partial charge is 0.328 e. The molecule has 1 atom stereocenters. The molecule has 2 N–H and O–H groups in total. The molecule has 9 heteroatoms. The number of hydrogen-bond acceptors (Lipinski definition) is 6. The summed E-state index contributed by atoms with van der Waals surface area (Å²) >= 11 is 0. The summed E-state index contributed by atoms with van der Waals surface area (Å²) in [6.07, 6.45) is -0.313. The molecule has 2 aromatic rings. The molecule has 152 valence electrons. The molecule has 0 bridgehead atoms. The second kappa shape index (κ2) is 8.87. The molecule has 1 heterocycles. The van der Waals surface area contributed by atoms with Crippen molar-refractivity contribution in [1.82, 2.24) is 10.0 Å². The number of carbonyl (C=O) groups is 2. The van der Waals surface area contributed by atoms with Crippen LogP contribution in [0.25, 0.3) is 0 Å². The van der Waals surface area contributed by atoms with Crippen molar-refractivity contribution in [2.45, 2.75) is 24.3 Å². The molecule has 29 heavy (non-hydrogen) atoms. The lowest BCUT2D eigenvalue weighted by molar-refractivity contribution is -0.153. The maximum atomic E-state index is 12.1. The number of benzene rings is 2. The summed E-state index contributed by atoms with van der Waals surface area (Å²) in [5.41, 5.74) is 1.49. The molecule has 0 saturated heterocycles. The van der Waals surface area contributed by atoms with Gasteiger partial charge in [-0.15, -0.1) is 0 Å². The van der Waals surface area contributed by atoms with E-state index in [-0.39, 0.29) is 10.7 Å². The third kappa shape index (κ3) is 5.20. The van der Waals surface area contributed by atoms with Crippen molar-refractivity contribution in [3.63, 3.8) is 0 Å². The first kappa shape index (κ1) is 20.5.